The number of hydrogen-bond acceptors (Lipinski definition) is 4. The van der Waals surface area contributed by atoms with Crippen LogP contribution in [-0.4, -0.2) is 34.9 Å². The molecule has 2 unspecified atom stereocenters. The molecule has 0 aromatic heterocycles. The maximum absolute atomic E-state index is 12.7. The third kappa shape index (κ3) is 3.21. The Hall–Kier alpha value is -1.95. The summed E-state index contributed by atoms with van der Waals surface area (Å²) in [5.74, 6) is 0.396. The maximum Gasteiger partial charge on any atom is 0.270 e. The first-order chi connectivity index (χ1) is 9.93. The molecule has 2 atom stereocenters. The minimum absolute atomic E-state index is 0.0138. The Kier molecular flexibility index (Phi) is 4.57. The van der Waals surface area contributed by atoms with Crippen molar-refractivity contribution in [2.24, 2.45) is 11.7 Å². The average Bonchev–Trinajstić information content (AvgIpc) is 2.46. The molecular formula is C15H21N3O3. The van der Waals surface area contributed by atoms with E-state index in [2.05, 4.69) is 6.92 Å². The maximum atomic E-state index is 12.7. The summed E-state index contributed by atoms with van der Waals surface area (Å²) in [4.78, 5) is 24.9. The number of hydrogen-bond donors (Lipinski definition) is 1. The van der Waals surface area contributed by atoms with Gasteiger partial charge in [-0.15, -0.1) is 0 Å². The Labute approximate surface area is 124 Å². The van der Waals surface area contributed by atoms with E-state index in [1.807, 2.05) is 0 Å². The number of non-ortho nitro benzene ring substituents is 1. The fourth-order valence-corrected chi connectivity index (χ4v) is 2.85. The topological polar surface area (TPSA) is 89.5 Å². The van der Waals surface area contributed by atoms with Gasteiger partial charge in [0.2, 0.25) is 0 Å². The van der Waals surface area contributed by atoms with Gasteiger partial charge in [0.1, 0.15) is 0 Å². The van der Waals surface area contributed by atoms with Gasteiger partial charge in [0.05, 0.1) is 4.92 Å². The van der Waals surface area contributed by atoms with Crippen molar-refractivity contribution in [2.45, 2.75) is 32.7 Å². The van der Waals surface area contributed by atoms with Crippen LogP contribution in [0.15, 0.2) is 18.2 Å². The van der Waals surface area contributed by atoms with Gasteiger partial charge >= 0.3 is 0 Å². The standard InChI is InChI=1S/C15H21N3O3/c1-10-5-6-17(13(7-10)9-16)15(19)14-8-12(18(20)21)4-3-11(14)2/h3-4,8,10,13H,5-7,9,16H2,1-2H3. The molecule has 0 spiro atoms. The van der Waals surface area contributed by atoms with E-state index in [1.165, 1.54) is 12.1 Å². The van der Waals surface area contributed by atoms with Crippen molar-refractivity contribution in [3.05, 3.63) is 39.4 Å². The molecule has 0 radical (unpaired) electrons. The highest BCUT2D eigenvalue weighted by Gasteiger charge is 2.30. The average molecular weight is 291 g/mol. The molecule has 1 aliphatic heterocycles. The van der Waals surface area contributed by atoms with E-state index in [4.69, 9.17) is 5.73 Å². The van der Waals surface area contributed by atoms with Crippen LogP contribution < -0.4 is 5.73 Å². The van der Waals surface area contributed by atoms with E-state index in [0.717, 1.165) is 18.4 Å². The van der Waals surface area contributed by atoms with Crippen molar-refractivity contribution in [1.29, 1.82) is 0 Å². The SMILES string of the molecule is Cc1ccc([N+](=O)[O-])cc1C(=O)N1CCC(C)CC1CN. The molecule has 1 aromatic rings. The molecular weight excluding hydrogens is 270 g/mol. The van der Waals surface area contributed by atoms with Crippen LogP contribution in [0.1, 0.15) is 35.7 Å². The molecule has 1 aliphatic rings. The molecule has 6 heteroatoms. The second kappa shape index (κ2) is 6.22. The van der Waals surface area contributed by atoms with Crippen LogP contribution in [-0.2, 0) is 0 Å². The molecule has 1 aromatic carbocycles. The number of aryl methyl sites for hydroxylation is 1. The number of carbonyl (C=O) groups is 1. The molecule has 21 heavy (non-hydrogen) atoms. The van der Waals surface area contributed by atoms with Crippen LogP contribution in [0.4, 0.5) is 5.69 Å². The summed E-state index contributed by atoms with van der Waals surface area (Å²) < 4.78 is 0. The second-order valence-corrected chi connectivity index (χ2v) is 5.77. The summed E-state index contributed by atoms with van der Waals surface area (Å²) in [5.41, 5.74) is 6.88. The Morgan fingerprint density at radius 3 is 2.86 bits per heavy atom. The first-order valence-electron chi connectivity index (χ1n) is 7.20. The molecule has 1 amide bonds. The number of benzene rings is 1. The predicted octanol–water partition coefficient (Wildman–Crippen LogP) is 2.10. The molecule has 1 saturated heterocycles. The number of nitro groups is 1. The van der Waals surface area contributed by atoms with Gasteiger partial charge in [-0.25, -0.2) is 0 Å². The number of carbonyl (C=O) groups excluding carboxylic acids is 1. The summed E-state index contributed by atoms with van der Waals surface area (Å²) in [6.45, 7) is 5.03. The smallest absolute Gasteiger partial charge is 0.270 e. The zero-order valence-electron chi connectivity index (χ0n) is 12.4. The lowest BCUT2D eigenvalue weighted by molar-refractivity contribution is -0.384. The normalized spacial score (nSPS) is 22.1. The monoisotopic (exact) mass is 291 g/mol. The van der Waals surface area contributed by atoms with Crippen LogP contribution in [0, 0.1) is 23.0 Å². The molecule has 0 saturated carbocycles. The second-order valence-electron chi connectivity index (χ2n) is 5.77. The fraction of sp³-hybridized carbons (Fsp3) is 0.533. The van der Waals surface area contributed by atoms with Crippen molar-refractivity contribution in [2.75, 3.05) is 13.1 Å². The van der Waals surface area contributed by atoms with Crippen LogP contribution in [0.2, 0.25) is 0 Å². The van der Waals surface area contributed by atoms with E-state index < -0.39 is 4.92 Å². The molecule has 1 heterocycles. The van der Waals surface area contributed by atoms with Crippen molar-refractivity contribution in [1.82, 2.24) is 4.90 Å². The van der Waals surface area contributed by atoms with Gasteiger partial charge in [0, 0.05) is 36.8 Å². The van der Waals surface area contributed by atoms with Gasteiger partial charge in [-0.05, 0) is 31.2 Å². The van der Waals surface area contributed by atoms with E-state index in [0.29, 0.717) is 24.6 Å². The lowest BCUT2D eigenvalue weighted by atomic mass is 9.91. The number of rotatable bonds is 3. The Morgan fingerprint density at radius 2 is 2.24 bits per heavy atom. The fourth-order valence-electron chi connectivity index (χ4n) is 2.85. The molecule has 2 N–H and O–H groups in total. The van der Waals surface area contributed by atoms with Crippen LogP contribution in [0.5, 0.6) is 0 Å². The number of piperidine rings is 1. The number of nitro benzene ring substituents is 1. The first kappa shape index (κ1) is 15.4. The largest absolute Gasteiger partial charge is 0.334 e. The van der Waals surface area contributed by atoms with Crippen molar-refractivity contribution >= 4 is 11.6 Å². The zero-order chi connectivity index (χ0) is 15.6. The van der Waals surface area contributed by atoms with E-state index >= 15 is 0 Å². The molecule has 2 rings (SSSR count). The van der Waals surface area contributed by atoms with Crippen molar-refractivity contribution in [3.8, 4) is 0 Å². The van der Waals surface area contributed by atoms with Gasteiger partial charge in [-0.3, -0.25) is 14.9 Å². The quantitative estimate of drug-likeness (QED) is 0.682. The molecule has 0 bridgehead atoms. The number of amides is 1. The number of nitrogens with zero attached hydrogens (tertiary/aromatic N) is 2. The summed E-state index contributed by atoms with van der Waals surface area (Å²) in [6.07, 6.45) is 1.83. The summed E-state index contributed by atoms with van der Waals surface area (Å²) >= 11 is 0. The van der Waals surface area contributed by atoms with Crippen LogP contribution in [0.25, 0.3) is 0 Å². The van der Waals surface area contributed by atoms with E-state index in [-0.39, 0.29) is 17.6 Å². The lowest BCUT2D eigenvalue weighted by Crippen LogP contribution is -2.49. The van der Waals surface area contributed by atoms with Gasteiger partial charge < -0.3 is 10.6 Å². The molecule has 0 aliphatic carbocycles. The Bertz CT molecular complexity index is 559. The van der Waals surface area contributed by atoms with Gasteiger partial charge in [-0.2, -0.15) is 0 Å². The zero-order valence-corrected chi connectivity index (χ0v) is 12.4. The van der Waals surface area contributed by atoms with Gasteiger partial charge in [0.15, 0.2) is 0 Å². The third-order valence-electron chi connectivity index (χ3n) is 4.17. The van der Waals surface area contributed by atoms with Crippen LogP contribution in [0.3, 0.4) is 0 Å². The van der Waals surface area contributed by atoms with Gasteiger partial charge in [-0.1, -0.05) is 13.0 Å². The summed E-state index contributed by atoms with van der Waals surface area (Å²) in [6, 6.07) is 4.42. The predicted molar refractivity (Wildman–Crippen MR) is 80.1 cm³/mol. The highest BCUT2D eigenvalue weighted by molar-refractivity contribution is 5.96. The highest BCUT2D eigenvalue weighted by atomic mass is 16.6. The Balaban J connectivity index is 2.30. The first-order valence-corrected chi connectivity index (χ1v) is 7.20. The number of likely N-dealkylation sites (tertiary alicyclic amines) is 1. The minimum Gasteiger partial charge on any atom is -0.334 e. The van der Waals surface area contributed by atoms with Crippen LogP contribution >= 0.6 is 0 Å². The summed E-state index contributed by atoms with van der Waals surface area (Å²) in [5, 5.41) is 10.9. The minimum atomic E-state index is -0.477. The molecule has 6 nitrogen and oxygen atoms in total. The van der Waals surface area contributed by atoms with Crippen molar-refractivity contribution in [3.63, 3.8) is 0 Å². The van der Waals surface area contributed by atoms with Crippen molar-refractivity contribution < 1.29 is 9.72 Å². The van der Waals surface area contributed by atoms with E-state index in [9.17, 15) is 14.9 Å². The highest BCUT2D eigenvalue weighted by Crippen LogP contribution is 2.26. The Morgan fingerprint density at radius 1 is 1.52 bits per heavy atom. The third-order valence-corrected chi connectivity index (χ3v) is 4.17. The lowest BCUT2D eigenvalue weighted by Gasteiger charge is -2.38. The number of nitrogens with two attached hydrogens (primary N) is 1. The summed E-state index contributed by atoms with van der Waals surface area (Å²) in [7, 11) is 0. The van der Waals surface area contributed by atoms with E-state index in [1.54, 1.807) is 17.9 Å². The molecule has 1 fully saturated rings. The molecule has 114 valence electrons. The van der Waals surface area contributed by atoms with Gasteiger partial charge in [0.25, 0.3) is 11.6 Å².